The molecule has 4 aromatic rings. The highest BCUT2D eigenvalue weighted by atomic mass is 16.4. The highest BCUT2D eigenvalue weighted by Gasteiger charge is 2.17. The maximum atomic E-state index is 11.4. The average Bonchev–Trinajstić information content (AvgIpc) is 3.26. The number of nitrogens with zero attached hydrogens (tertiary/aromatic N) is 3. The number of carboxylic acids is 2. The number of aromatic nitrogens is 4. The molecule has 3 N–H and O–H groups in total. The van der Waals surface area contributed by atoms with Gasteiger partial charge in [0.1, 0.15) is 5.69 Å². The molecular formula is C20H16N4O4. The molecule has 0 atom stereocenters. The summed E-state index contributed by atoms with van der Waals surface area (Å²) in [6.45, 7) is 0. The maximum Gasteiger partial charge on any atom is 0.307 e. The monoisotopic (exact) mass is 376 g/mol. The van der Waals surface area contributed by atoms with E-state index in [0.29, 0.717) is 28.3 Å². The largest absolute Gasteiger partial charge is 0.481 e. The summed E-state index contributed by atoms with van der Waals surface area (Å²) in [5.41, 5.74) is 3.24. The second kappa shape index (κ2) is 6.99. The van der Waals surface area contributed by atoms with Crippen LogP contribution in [0.4, 0.5) is 0 Å². The van der Waals surface area contributed by atoms with Gasteiger partial charge in [0.25, 0.3) is 0 Å². The minimum Gasteiger partial charge on any atom is -0.481 e. The van der Waals surface area contributed by atoms with Gasteiger partial charge in [0, 0.05) is 23.3 Å². The van der Waals surface area contributed by atoms with Crippen molar-refractivity contribution in [3.63, 3.8) is 0 Å². The molecule has 0 aliphatic heterocycles. The van der Waals surface area contributed by atoms with E-state index in [2.05, 4.69) is 15.0 Å². The molecule has 0 aliphatic carbocycles. The van der Waals surface area contributed by atoms with Crippen molar-refractivity contribution in [1.82, 2.24) is 19.5 Å². The number of fused-ring (bicyclic) bond motifs is 1. The van der Waals surface area contributed by atoms with Crippen molar-refractivity contribution < 1.29 is 19.8 Å². The van der Waals surface area contributed by atoms with Gasteiger partial charge in [0.05, 0.1) is 30.9 Å². The molecule has 0 amide bonds. The number of aromatic amines is 1. The Kier molecular flexibility index (Phi) is 4.36. The highest BCUT2D eigenvalue weighted by molar-refractivity contribution is 5.93. The Labute approximate surface area is 159 Å². The minimum absolute atomic E-state index is 0.0785. The number of nitrogens with one attached hydrogen (secondary N) is 1. The van der Waals surface area contributed by atoms with E-state index in [-0.39, 0.29) is 12.8 Å². The van der Waals surface area contributed by atoms with Crippen molar-refractivity contribution in [1.29, 1.82) is 0 Å². The lowest BCUT2D eigenvalue weighted by molar-refractivity contribution is -0.137. The van der Waals surface area contributed by atoms with Crippen LogP contribution in [0.3, 0.4) is 0 Å². The lowest BCUT2D eigenvalue weighted by Crippen LogP contribution is -2.03. The van der Waals surface area contributed by atoms with Gasteiger partial charge >= 0.3 is 11.9 Å². The molecule has 0 saturated carbocycles. The summed E-state index contributed by atoms with van der Waals surface area (Å²) >= 11 is 0. The number of benzene rings is 1. The van der Waals surface area contributed by atoms with Crippen molar-refractivity contribution in [2.24, 2.45) is 0 Å². The summed E-state index contributed by atoms with van der Waals surface area (Å²) in [5, 5.41) is 19.1. The quantitative estimate of drug-likeness (QED) is 0.476. The van der Waals surface area contributed by atoms with Crippen LogP contribution in [-0.2, 0) is 22.4 Å². The number of aliphatic carboxylic acids is 2. The van der Waals surface area contributed by atoms with E-state index >= 15 is 0 Å². The van der Waals surface area contributed by atoms with Crippen molar-refractivity contribution in [2.45, 2.75) is 12.8 Å². The van der Waals surface area contributed by atoms with Crippen molar-refractivity contribution >= 4 is 22.8 Å². The zero-order chi connectivity index (χ0) is 19.7. The van der Waals surface area contributed by atoms with Gasteiger partial charge in [-0.1, -0.05) is 18.2 Å². The number of hydrogen-bond donors (Lipinski definition) is 3. The Morgan fingerprint density at radius 2 is 1.82 bits per heavy atom. The van der Waals surface area contributed by atoms with Crippen LogP contribution < -0.4 is 0 Å². The molecule has 4 rings (SSSR count). The number of carbonyl (C=O) groups is 2. The predicted octanol–water partition coefficient (Wildman–Crippen LogP) is 2.67. The van der Waals surface area contributed by atoms with Gasteiger partial charge in [0.2, 0.25) is 0 Å². The van der Waals surface area contributed by atoms with E-state index in [9.17, 15) is 14.7 Å². The first-order valence-electron chi connectivity index (χ1n) is 8.54. The van der Waals surface area contributed by atoms with Crippen LogP contribution >= 0.6 is 0 Å². The summed E-state index contributed by atoms with van der Waals surface area (Å²) < 4.78 is 1.69. The third-order valence-corrected chi connectivity index (χ3v) is 4.39. The lowest BCUT2D eigenvalue weighted by Gasteiger charge is -2.06. The first-order chi connectivity index (χ1) is 13.5. The topological polar surface area (TPSA) is 121 Å². The van der Waals surface area contributed by atoms with Gasteiger partial charge in [-0.15, -0.1) is 0 Å². The molecule has 1 aromatic carbocycles. The number of H-pyrrole nitrogens is 1. The van der Waals surface area contributed by atoms with Crippen molar-refractivity contribution in [3.8, 4) is 17.2 Å². The Bertz CT molecular complexity index is 1190. The number of rotatable bonds is 6. The number of carboxylic acid groups (broad SMARTS) is 2. The van der Waals surface area contributed by atoms with Gasteiger partial charge < -0.3 is 19.8 Å². The summed E-state index contributed by atoms with van der Waals surface area (Å²) in [5.74, 6) is -1.33. The molecule has 0 spiro atoms. The van der Waals surface area contributed by atoms with Gasteiger partial charge in [-0.05, 0) is 23.3 Å². The average molecular weight is 376 g/mol. The van der Waals surface area contributed by atoms with Gasteiger partial charge in [0.15, 0.2) is 5.82 Å². The summed E-state index contributed by atoms with van der Waals surface area (Å²) in [6, 6.07) is 9.19. The van der Waals surface area contributed by atoms with Gasteiger partial charge in [-0.25, -0.2) is 4.98 Å². The fourth-order valence-electron chi connectivity index (χ4n) is 3.22. The molecule has 140 valence electrons. The molecule has 0 bridgehead atoms. The van der Waals surface area contributed by atoms with E-state index in [4.69, 9.17) is 5.11 Å². The summed E-state index contributed by atoms with van der Waals surface area (Å²) in [6.07, 6.45) is 6.32. The van der Waals surface area contributed by atoms with E-state index in [0.717, 1.165) is 10.9 Å². The SMILES string of the molecule is O=C(O)Cc1ccn(-c2cncc(-c3[nH]c4ccccc4c3CC(=O)O)n2)c1. The summed E-state index contributed by atoms with van der Waals surface area (Å²) in [7, 11) is 0. The molecule has 3 heterocycles. The van der Waals surface area contributed by atoms with Crippen LogP contribution in [0.15, 0.2) is 55.1 Å². The number of hydrogen-bond acceptors (Lipinski definition) is 4. The van der Waals surface area contributed by atoms with Crippen LogP contribution in [0.1, 0.15) is 11.1 Å². The van der Waals surface area contributed by atoms with Crippen LogP contribution in [0.2, 0.25) is 0 Å². The van der Waals surface area contributed by atoms with Crippen molar-refractivity contribution in [3.05, 3.63) is 66.2 Å². The molecular weight excluding hydrogens is 360 g/mol. The third-order valence-electron chi connectivity index (χ3n) is 4.39. The van der Waals surface area contributed by atoms with Gasteiger partial charge in [-0.2, -0.15) is 0 Å². The zero-order valence-corrected chi connectivity index (χ0v) is 14.7. The smallest absolute Gasteiger partial charge is 0.307 e. The Morgan fingerprint density at radius 3 is 2.61 bits per heavy atom. The zero-order valence-electron chi connectivity index (χ0n) is 14.7. The maximum absolute atomic E-state index is 11.4. The molecule has 8 heteroatoms. The first-order valence-corrected chi connectivity index (χ1v) is 8.54. The van der Waals surface area contributed by atoms with E-state index < -0.39 is 11.9 Å². The summed E-state index contributed by atoms with van der Waals surface area (Å²) in [4.78, 5) is 34.3. The van der Waals surface area contributed by atoms with Crippen LogP contribution in [0.5, 0.6) is 0 Å². The molecule has 0 unspecified atom stereocenters. The molecule has 0 aliphatic rings. The Balaban J connectivity index is 1.78. The van der Waals surface area contributed by atoms with E-state index in [1.54, 1.807) is 35.4 Å². The van der Waals surface area contributed by atoms with Crippen LogP contribution in [0, 0.1) is 0 Å². The number of para-hydroxylation sites is 1. The van der Waals surface area contributed by atoms with Gasteiger partial charge in [-0.3, -0.25) is 14.6 Å². The second-order valence-electron chi connectivity index (χ2n) is 6.35. The molecule has 3 aromatic heterocycles. The lowest BCUT2D eigenvalue weighted by atomic mass is 10.1. The molecule has 0 radical (unpaired) electrons. The van der Waals surface area contributed by atoms with E-state index in [1.165, 1.54) is 0 Å². The second-order valence-corrected chi connectivity index (χ2v) is 6.35. The predicted molar refractivity (Wildman–Crippen MR) is 101 cm³/mol. The molecule has 8 nitrogen and oxygen atoms in total. The fraction of sp³-hybridized carbons (Fsp3) is 0.100. The third kappa shape index (κ3) is 3.35. The van der Waals surface area contributed by atoms with E-state index in [1.807, 2.05) is 24.3 Å². The normalized spacial score (nSPS) is 11.0. The standard InChI is InChI=1S/C20H16N4O4/c25-18(26)7-12-5-6-24(11-12)17-10-21-9-16(22-17)20-14(8-19(27)28)13-3-1-2-4-15(13)23-20/h1-6,9-11,23H,7-8H2,(H,25,26)(H,27,28). The Hall–Kier alpha value is -3.94. The Morgan fingerprint density at radius 1 is 1.04 bits per heavy atom. The van der Waals surface area contributed by atoms with Crippen molar-refractivity contribution in [2.75, 3.05) is 0 Å². The minimum atomic E-state index is -0.932. The fourth-order valence-corrected chi connectivity index (χ4v) is 3.22. The first kappa shape index (κ1) is 17.5. The van der Waals surface area contributed by atoms with Crippen LogP contribution in [0.25, 0.3) is 28.1 Å². The highest BCUT2D eigenvalue weighted by Crippen LogP contribution is 2.30. The molecule has 28 heavy (non-hydrogen) atoms. The van der Waals surface area contributed by atoms with Crippen LogP contribution in [-0.4, -0.2) is 41.7 Å². The molecule has 0 fully saturated rings. The molecule has 0 saturated heterocycles.